The van der Waals surface area contributed by atoms with Gasteiger partial charge in [-0.25, -0.2) is 0 Å². The minimum atomic E-state index is -0.682. The van der Waals surface area contributed by atoms with Crippen molar-refractivity contribution < 1.29 is 15.0 Å². The van der Waals surface area contributed by atoms with Gasteiger partial charge in [0, 0.05) is 6.54 Å². The van der Waals surface area contributed by atoms with E-state index in [0.29, 0.717) is 4.88 Å². The Morgan fingerprint density at radius 2 is 2.24 bits per heavy atom. The molecule has 1 atom stereocenters. The molecule has 0 bridgehead atoms. The summed E-state index contributed by atoms with van der Waals surface area (Å²) < 4.78 is 0. The van der Waals surface area contributed by atoms with Crippen molar-refractivity contribution in [3.05, 3.63) is 22.4 Å². The van der Waals surface area contributed by atoms with Gasteiger partial charge in [0.1, 0.15) is 0 Å². The number of carbonyl (C=O) groups is 1. The van der Waals surface area contributed by atoms with Crippen LogP contribution in [0.5, 0.6) is 0 Å². The Bertz CT molecular complexity index is 360. The van der Waals surface area contributed by atoms with Crippen molar-refractivity contribution in [2.45, 2.75) is 32.4 Å². The predicted molar refractivity (Wildman–Crippen MR) is 68.2 cm³/mol. The second-order valence-corrected chi connectivity index (χ2v) is 5.66. The second kappa shape index (κ2) is 5.62. The molecule has 1 unspecified atom stereocenters. The summed E-state index contributed by atoms with van der Waals surface area (Å²) in [6.07, 6.45) is -0.621. The lowest BCUT2D eigenvalue weighted by Gasteiger charge is -2.37. The van der Waals surface area contributed by atoms with Gasteiger partial charge < -0.3 is 15.1 Å². The van der Waals surface area contributed by atoms with Gasteiger partial charge in [-0.2, -0.15) is 0 Å². The van der Waals surface area contributed by atoms with Crippen LogP contribution in [0, 0.1) is 0 Å². The molecule has 1 rings (SSSR count). The Morgan fingerprint density at radius 1 is 1.59 bits per heavy atom. The summed E-state index contributed by atoms with van der Waals surface area (Å²) in [5.74, 6) is -0.153. The van der Waals surface area contributed by atoms with E-state index in [1.807, 2.05) is 11.4 Å². The maximum Gasteiger partial charge on any atom is 0.264 e. The molecule has 0 spiro atoms. The number of rotatable bonds is 5. The number of thiophene rings is 1. The van der Waals surface area contributed by atoms with Crippen molar-refractivity contribution >= 4 is 17.2 Å². The first-order chi connectivity index (χ1) is 7.88. The van der Waals surface area contributed by atoms with Gasteiger partial charge in [0.05, 0.1) is 23.1 Å². The van der Waals surface area contributed by atoms with E-state index < -0.39 is 11.6 Å². The normalized spacial score (nSPS) is 13.5. The van der Waals surface area contributed by atoms with Crippen molar-refractivity contribution in [1.29, 1.82) is 0 Å². The van der Waals surface area contributed by atoms with Gasteiger partial charge in [0.15, 0.2) is 0 Å². The number of carbonyl (C=O) groups excluding carboxylic acids is 1. The molecule has 0 aromatic carbocycles. The van der Waals surface area contributed by atoms with E-state index in [1.54, 1.807) is 26.8 Å². The Hall–Kier alpha value is -0.910. The lowest BCUT2D eigenvalue weighted by molar-refractivity contribution is 0.0198. The Morgan fingerprint density at radius 3 is 2.65 bits per heavy atom. The standard InChI is InChI=1S/C12H19NO3S/c1-9(15)7-13(12(2,3)8-14)11(16)10-5-4-6-17-10/h4-6,9,14-15H,7-8H2,1-3H3. The van der Waals surface area contributed by atoms with Crippen LogP contribution in [0.15, 0.2) is 17.5 Å². The summed E-state index contributed by atoms with van der Waals surface area (Å²) in [7, 11) is 0. The molecule has 1 aromatic heterocycles. The first-order valence-electron chi connectivity index (χ1n) is 5.53. The molecule has 5 heteroatoms. The smallest absolute Gasteiger partial charge is 0.264 e. The fourth-order valence-corrected chi connectivity index (χ4v) is 2.16. The third-order valence-corrected chi connectivity index (χ3v) is 3.40. The number of β-amino-alcohol motifs (C(OH)–C–C–N with tert-alkyl or cyclic N) is 1. The maximum absolute atomic E-state index is 12.3. The lowest BCUT2D eigenvalue weighted by Crippen LogP contribution is -2.52. The predicted octanol–water partition coefficient (Wildman–Crippen LogP) is 1.34. The van der Waals surface area contributed by atoms with Crippen LogP contribution in [0.4, 0.5) is 0 Å². The molecular formula is C12H19NO3S. The highest BCUT2D eigenvalue weighted by Gasteiger charge is 2.32. The van der Waals surface area contributed by atoms with Crippen LogP contribution >= 0.6 is 11.3 Å². The van der Waals surface area contributed by atoms with E-state index in [0.717, 1.165) is 0 Å². The van der Waals surface area contributed by atoms with Gasteiger partial charge in [-0.1, -0.05) is 6.07 Å². The zero-order valence-corrected chi connectivity index (χ0v) is 11.2. The molecular weight excluding hydrogens is 238 g/mol. The number of nitrogens with zero attached hydrogens (tertiary/aromatic N) is 1. The van der Waals surface area contributed by atoms with Crippen LogP contribution in [-0.4, -0.2) is 45.8 Å². The molecule has 0 aliphatic rings. The van der Waals surface area contributed by atoms with Gasteiger partial charge in [0.25, 0.3) is 5.91 Å². The molecule has 0 aliphatic heterocycles. The fraction of sp³-hybridized carbons (Fsp3) is 0.583. The highest BCUT2D eigenvalue weighted by atomic mass is 32.1. The molecule has 1 aromatic rings. The topological polar surface area (TPSA) is 60.8 Å². The number of hydrogen-bond donors (Lipinski definition) is 2. The van der Waals surface area contributed by atoms with E-state index in [1.165, 1.54) is 16.2 Å². The Balaban J connectivity index is 2.94. The average Bonchev–Trinajstić information content (AvgIpc) is 2.78. The fourth-order valence-electron chi connectivity index (χ4n) is 1.49. The van der Waals surface area contributed by atoms with Gasteiger partial charge in [0.2, 0.25) is 0 Å². The summed E-state index contributed by atoms with van der Waals surface area (Å²) in [4.78, 5) is 14.4. The molecule has 0 saturated heterocycles. The Kier molecular flexibility index (Phi) is 4.68. The summed E-state index contributed by atoms with van der Waals surface area (Å²) in [5.41, 5.74) is -0.682. The number of hydrogen-bond acceptors (Lipinski definition) is 4. The molecule has 1 amide bonds. The van der Waals surface area contributed by atoms with E-state index in [4.69, 9.17) is 0 Å². The van der Waals surface area contributed by atoms with Gasteiger partial charge >= 0.3 is 0 Å². The van der Waals surface area contributed by atoms with E-state index in [9.17, 15) is 15.0 Å². The average molecular weight is 257 g/mol. The Labute approximate surface area is 106 Å². The van der Waals surface area contributed by atoms with Gasteiger partial charge in [-0.3, -0.25) is 4.79 Å². The third-order valence-electron chi connectivity index (χ3n) is 2.54. The molecule has 0 radical (unpaired) electrons. The first-order valence-corrected chi connectivity index (χ1v) is 6.41. The number of amides is 1. The third kappa shape index (κ3) is 3.52. The number of aliphatic hydroxyl groups is 2. The highest BCUT2D eigenvalue weighted by molar-refractivity contribution is 7.12. The molecule has 17 heavy (non-hydrogen) atoms. The van der Waals surface area contributed by atoms with E-state index >= 15 is 0 Å². The zero-order chi connectivity index (χ0) is 13.1. The molecule has 2 N–H and O–H groups in total. The van der Waals surface area contributed by atoms with Crippen molar-refractivity contribution in [3.8, 4) is 0 Å². The monoisotopic (exact) mass is 257 g/mol. The van der Waals surface area contributed by atoms with Crippen LogP contribution < -0.4 is 0 Å². The van der Waals surface area contributed by atoms with Crippen LogP contribution in [0.2, 0.25) is 0 Å². The summed E-state index contributed by atoms with van der Waals surface area (Å²) in [6, 6.07) is 3.56. The van der Waals surface area contributed by atoms with Gasteiger partial charge in [-0.05, 0) is 32.2 Å². The lowest BCUT2D eigenvalue weighted by atomic mass is 10.0. The molecule has 0 fully saturated rings. The van der Waals surface area contributed by atoms with Crippen molar-refractivity contribution in [2.75, 3.05) is 13.2 Å². The summed E-state index contributed by atoms with van der Waals surface area (Å²) >= 11 is 1.36. The van der Waals surface area contributed by atoms with Crippen LogP contribution in [-0.2, 0) is 0 Å². The SMILES string of the molecule is CC(O)CN(C(=O)c1cccs1)C(C)(C)CO. The molecule has 0 saturated carbocycles. The molecule has 4 nitrogen and oxygen atoms in total. The van der Waals surface area contributed by atoms with Crippen LogP contribution in [0.3, 0.4) is 0 Å². The highest BCUT2D eigenvalue weighted by Crippen LogP contribution is 2.20. The van der Waals surface area contributed by atoms with E-state index in [-0.39, 0.29) is 19.1 Å². The zero-order valence-electron chi connectivity index (χ0n) is 10.4. The number of aliphatic hydroxyl groups excluding tert-OH is 2. The summed E-state index contributed by atoms with van der Waals surface area (Å²) in [5, 5.41) is 20.6. The maximum atomic E-state index is 12.3. The quantitative estimate of drug-likeness (QED) is 0.837. The van der Waals surface area contributed by atoms with Crippen molar-refractivity contribution in [3.63, 3.8) is 0 Å². The van der Waals surface area contributed by atoms with E-state index in [2.05, 4.69) is 0 Å². The minimum Gasteiger partial charge on any atom is -0.394 e. The largest absolute Gasteiger partial charge is 0.394 e. The van der Waals surface area contributed by atoms with Crippen LogP contribution in [0.1, 0.15) is 30.4 Å². The van der Waals surface area contributed by atoms with Gasteiger partial charge in [-0.15, -0.1) is 11.3 Å². The van der Waals surface area contributed by atoms with Crippen molar-refractivity contribution in [1.82, 2.24) is 4.90 Å². The molecule has 96 valence electrons. The van der Waals surface area contributed by atoms with Crippen molar-refractivity contribution in [2.24, 2.45) is 0 Å². The first kappa shape index (κ1) is 14.2. The molecule has 0 aliphatic carbocycles. The summed E-state index contributed by atoms with van der Waals surface area (Å²) in [6.45, 7) is 5.26. The minimum absolute atomic E-state index is 0.142. The van der Waals surface area contributed by atoms with Crippen LogP contribution in [0.25, 0.3) is 0 Å². The second-order valence-electron chi connectivity index (χ2n) is 4.71. The molecule has 1 heterocycles.